The zero-order chi connectivity index (χ0) is 13.1. The Kier molecular flexibility index (Phi) is 4.66. The molecule has 0 heterocycles. The van der Waals surface area contributed by atoms with Crippen molar-refractivity contribution < 1.29 is 9.50 Å². The molecule has 1 aromatic rings. The Hall–Kier alpha value is -0.560. The summed E-state index contributed by atoms with van der Waals surface area (Å²) in [5, 5.41) is 13.0. The molecular weight excluding hydrogens is 346 g/mol. The van der Waals surface area contributed by atoms with E-state index in [0.29, 0.717) is 21.5 Å². The molecule has 1 aliphatic carbocycles. The largest absolute Gasteiger partial charge is 0.397 e. The number of halogens is 2. The highest BCUT2D eigenvalue weighted by Gasteiger charge is 2.22. The van der Waals surface area contributed by atoms with Crippen LogP contribution < -0.4 is 11.1 Å². The number of aliphatic hydroxyl groups is 1. The number of nitrogen functional groups attached to an aromatic ring is 1. The SMILES string of the molecule is Nc1cc(I)c(F)cc1NCC1CCCCC1O. The molecule has 2 rings (SSSR count). The minimum absolute atomic E-state index is 0.237. The smallest absolute Gasteiger partial charge is 0.138 e. The van der Waals surface area contributed by atoms with Gasteiger partial charge in [-0.05, 0) is 41.5 Å². The van der Waals surface area contributed by atoms with Crippen molar-refractivity contribution in [3.8, 4) is 0 Å². The Bertz CT molecular complexity index is 428. The van der Waals surface area contributed by atoms with Crippen molar-refractivity contribution >= 4 is 34.0 Å². The van der Waals surface area contributed by atoms with Crippen LogP contribution in [-0.4, -0.2) is 17.8 Å². The lowest BCUT2D eigenvalue weighted by molar-refractivity contribution is 0.0763. The maximum absolute atomic E-state index is 13.4. The Morgan fingerprint density at radius 1 is 1.39 bits per heavy atom. The summed E-state index contributed by atoms with van der Waals surface area (Å²) in [4.78, 5) is 0. The molecule has 0 aliphatic heterocycles. The van der Waals surface area contributed by atoms with E-state index in [2.05, 4.69) is 5.32 Å². The van der Waals surface area contributed by atoms with E-state index in [0.717, 1.165) is 25.7 Å². The number of hydrogen-bond donors (Lipinski definition) is 3. The fourth-order valence-electron chi connectivity index (χ4n) is 2.38. The molecule has 1 aromatic carbocycles. The molecule has 2 atom stereocenters. The summed E-state index contributed by atoms with van der Waals surface area (Å²) in [6.45, 7) is 0.644. The van der Waals surface area contributed by atoms with Gasteiger partial charge in [-0.3, -0.25) is 0 Å². The van der Waals surface area contributed by atoms with Gasteiger partial charge in [-0.1, -0.05) is 12.8 Å². The third-order valence-corrected chi connectivity index (χ3v) is 4.34. The molecule has 0 amide bonds. The lowest BCUT2D eigenvalue weighted by Crippen LogP contribution is -2.30. The van der Waals surface area contributed by atoms with Gasteiger partial charge in [0.15, 0.2) is 0 Å². The van der Waals surface area contributed by atoms with Crippen LogP contribution in [0.1, 0.15) is 25.7 Å². The molecule has 0 aromatic heterocycles. The van der Waals surface area contributed by atoms with Gasteiger partial charge in [-0.15, -0.1) is 0 Å². The van der Waals surface area contributed by atoms with Gasteiger partial charge < -0.3 is 16.2 Å². The Morgan fingerprint density at radius 2 is 2.11 bits per heavy atom. The first-order valence-corrected chi connectivity index (χ1v) is 7.32. The zero-order valence-electron chi connectivity index (χ0n) is 10.1. The van der Waals surface area contributed by atoms with Crippen molar-refractivity contribution in [3.05, 3.63) is 21.5 Å². The van der Waals surface area contributed by atoms with Crippen molar-refractivity contribution in [2.75, 3.05) is 17.6 Å². The van der Waals surface area contributed by atoms with Crippen molar-refractivity contribution in [1.82, 2.24) is 0 Å². The number of hydrogen-bond acceptors (Lipinski definition) is 3. The standard InChI is InChI=1S/C13H18FIN2O/c14-9-5-12(11(16)6-10(9)15)17-7-8-3-1-2-4-13(8)18/h5-6,8,13,17-18H,1-4,7,16H2. The first-order valence-electron chi connectivity index (χ1n) is 6.24. The highest BCUT2D eigenvalue weighted by molar-refractivity contribution is 14.1. The average molecular weight is 364 g/mol. The maximum Gasteiger partial charge on any atom is 0.138 e. The number of rotatable bonds is 3. The fourth-order valence-corrected chi connectivity index (χ4v) is 2.87. The number of aliphatic hydroxyl groups excluding tert-OH is 1. The number of nitrogens with one attached hydrogen (secondary N) is 1. The van der Waals surface area contributed by atoms with Gasteiger partial charge in [-0.25, -0.2) is 4.39 Å². The highest BCUT2D eigenvalue weighted by Crippen LogP contribution is 2.27. The first-order chi connectivity index (χ1) is 8.58. The monoisotopic (exact) mass is 364 g/mol. The second-order valence-corrected chi connectivity index (χ2v) is 6.01. The average Bonchev–Trinajstić information content (AvgIpc) is 2.34. The van der Waals surface area contributed by atoms with Crippen LogP contribution in [-0.2, 0) is 0 Å². The molecule has 1 aliphatic rings. The Labute approximate surface area is 120 Å². The number of benzene rings is 1. The number of anilines is 2. The third-order valence-electron chi connectivity index (χ3n) is 3.52. The van der Waals surface area contributed by atoms with Gasteiger partial charge >= 0.3 is 0 Å². The van der Waals surface area contributed by atoms with E-state index in [1.165, 1.54) is 6.07 Å². The topological polar surface area (TPSA) is 58.3 Å². The van der Waals surface area contributed by atoms with Gasteiger partial charge in [-0.2, -0.15) is 0 Å². The lowest BCUT2D eigenvalue weighted by Gasteiger charge is -2.28. The summed E-state index contributed by atoms with van der Waals surface area (Å²) in [6, 6.07) is 3.04. The van der Waals surface area contributed by atoms with E-state index in [9.17, 15) is 9.50 Å². The molecule has 0 spiro atoms. The predicted octanol–water partition coefficient (Wildman–Crippen LogP) is 2.98. The van der Waals surface area contributed by atoms with Crippen LogP contribution in [0.25, 0.3) is 0 Å². The van der Waals surface area contributed by atoms with Crippen molar-refractivity contribution in [3.63, 3.8) is 0 Å². The van der Waals surface area contributed by atoms with E-state index < -0.39 is 0 Å². The Morgan fingerprint density at radius 3 is 2.83 bits per heavy atom. The van der Waals surface area contributed by atoms with E-state index in [1.54, 1.807) is 6.07 Å². The quantitative estimate of drug-likeness (QED) is 0.571. The molecule has 0 bridgehead atoms. The second kappa shape index (κ2) is 6.06. The van der Waals surface area contributed by atoms with E-state index >= 15 is 0 Å². The van der Waals surface area contributed by atoms with Crippen molar-refractivity contribution in [2.45, 2.75) is 31.8 Å². The van der Waals surface area contributed by atoms with Crippen molar-refractivity contribution in [1.29, 1.82) is 0 Å². The zero-order valence-corrected chi connectivity index (χ0v) is 12.3. The van der Waals surface area contributed by atoms with Crippen LogP contribution in [0.5, 0.6) is 0 Å². The predicted molar refractivity (Wildman–Crippen MR) is 80.0 cm³/mol. The van der Waals surface area contributed by atoms with Crippen LogP contribution in [0.3, 0.4) is 0 Å². The molecule has 4 N–H and O–H groups in total. The van der Waals surface area contributed by atoms with Crippen LogP contribution in [0.4, 0.5) is 15.8 Å². The summed E-state index contributed by atoms with van der Waals surface area (Å²) in [6.07, 6.45) is 3.88. The fraction of sp³-hybridized carbons (Fsp3) is 0.538. The maximum atomic E-state index is 13.4. The molecule has 1 saturated carbocycles. The minimum atomic E-state index is -0.267. The van der Waals surface area contributed by atoms with E-state index in [-0.39, 0.29) is 17.8 Å². The third kappa shape index (κ3) is 3.26. The van der Waals surface area contributed by atoms with Gasteiger partial charge in [0.25, 0.3) is 0 Å². The normalized spacial score (nSPS) is 23.9. The Balaban J connectivity index is 1.99. The van der Waals surface area contributed by atoms with Crippen LogP contribution in [0, 0.1) is 15.3 Å². The molecule has 18 heavy (non-hydrogen) atoms. The summed E-state index contributed by atoms with van der Waals surface area (Å²) in [7, 11) is 0. The highest BCUT2D eigenvalue weighted by atomic mass is 127. The van der Waals surface area contributed by atoms with Crippen LogP contribution >= 0.6 is 22.6 Å². The molecule has 5 heteroatoms. The summed E-state index contributed by atoms with van der Waals surface area (Å²) in [5.41, 5.74) is 7.01. The van der Waals surface area contributed by atoms with Gasteiger partial charge in [0.1, 0.15) is 5.82 Å². The molecule has 3 nitrogen and oxygen atoms in total. The first kappa shape index (κ1) is 13.9. The summed E-state index contributed by atoms with van der Waals surface area (Å²) < 4.78 is 14.0. The lowest BCUT2D eigenvalue weighted by atomic mass is 9.86. The van der Waals surface area contributed by atoms with E-state index in [1.807, 2.05) is 22.6 Å². The van der Waals surface area contributed by atoms with E-state index in [4.69, 9.17) is 5.73 Å². The molecule has 0 saturated heterocycles. The second-order valence-electron chi connectivity index (χ2n) is 4.85. The van der Waals surface area contributed by atoms with Crippen molar-refractivity contribution in [2.24, 2.45) is 5.92 Å². The van der Waals surface area contributed by atoms with Crippen LogP contribution in [0.2, 0.25) is 0 Å². The van der Waals surface area contributed by atoms with Crippen LogP contribution in [0.15, 0.2) is 12.1 Å². The summed E-state index contributed by atoms with van der Waals surface area (Å²) >= 11 is 1.92. The van der Waals surface area contributed by atoms with Gasteiger partial charge in [0, 0.05) is 18.5 Å². The van der Waals surface area contributed by atoms with Gasteiger partial charge in [0.2, 0.25) is 0 Å². The number of nitrogens with two attached hydrogens (primary N) is 1. The molecule has 0 radical (unpaired) electrons. The van der Waals surface area contributed by atoms with Gasteiger partial charge in [0.05, 0.1) is 21.0 Å². The summed E-state index contributed by atoms with van der Waals surface area (Å²) in [5.74, 6) is -0.0306. The molecular formula is C13H18FIN2O. The molecule has 2 unspecified atom stereocenters. The molecule has 100 valence electrons. The molecule has 1 fully saturated rings. The minimum Gasteiger partial charge on any atom is -0.397 e.